The molecule has 13 heavy (non-hydrogen) atoms. The maximum absolute atomic E-state index is 13.4. The van der Waals surface area contributed by atoms with Gasteiger partial charge in [0.1, 0.15) is 5.82 Å². The first-order valence-corrected chi connectivity index (χ1v) is 4.67. The molecule has 0 atom stereocenters. The molecule has 1 aromatic rings. The average molecular weight is 181 g/mol. The zero-order chi connectivity index (χ0) is 10.0. The molecule has 0 aliphatic rings. The van der Waals surface area contributed by atoms with Gasteiger partial charge in [-0.2, -0.15) is 0 Å². The van der Waals surface area contributed by atoms with Crippen LogP contribution in [0.3, 0.4) is 0 Å². The molecule has 1 heterocycles. The highest BCUT2D eigenvalue weighted by atomic mass is 19.1. The van der Waals surface area contributed by atoms with Crippen LogP contribution in [0.25, 0.3) is 0 Å². The van der Waals surface area contributed by atoms with Gasteiger partial charge in [-0.15, -0.1) is 0 Å². The number of nitrogens with zero attached hydrogens (tertiary/aromatic N) is 1. The second-order valence-electron chi connectivity index (χ2n) is 3.93. The van der Waals surface area contributed by atoms with E-state index in [1.54, 1.807) is 6.20 Å². The molecular weight excluding hydrogens is 165 g/mol. The van der Waals surface area contributed by atoms with Crippen molar-refractivity contribution < 1.29 is 4.39 Å². The molecule has 0 aliphatic heterocycles. The van der Waals surface area contributed by atoms with Gasteiger partial charge in [0.15, 0.2) is 0 Å². The molecule has 1 nitrogen and oxygen atoms in total. The third kappa shape index (κ3) is 2.06. The minimum atomic E-state index is -0.179. The van der Waals surface area contributed by atoms with Crippen molar-refractivity contribution in [3.8, 4) is 0 Å². The fourth-order valence-electron chi connectivity index (χ4n) is 1.53. The molecule has 0 saturated carbocycles. The molecule has 0 amide bonds. The number of hydrogen-bond donors (Lipinski definition) is 0. The van der Waals surface area contributed by atoms with E-state index in [0.29, 0.717) is 5.92 Å². The van der Waals surface area contributed by atoms with Crippen LogP contribution in [0.4, 0.5) is 4.39 Å². The first kappa shape index (κ1) is 10.2. The molecule has 2 heteroatoms. The Labute approximate surface area is 79.0 Å². The van der Waals surface area contributed by atoms with Gasteiger partial charge in [0, 0.05) is 6.20 Å². The quantitative estimate of drug-likeness (QED) is 0.680. The van der Waals surface area contributed by atoms with E-state index in [2.05, 4.69) is 18.8 Å². The summed E-state index contributed by atoms with van der Waals surface area (Å²) in [4.78, 5) is 3.87. The van der Waals surface area contributed by atoms with Gasteiger partial charge < -0.3 is 0 Å². The van der Waals surface area contributed by atoms with Gasteiger partial charge in [-0.25, -0.2) is 4.39 Å². The van der Waals surface area contributed by atoms with Gasteiger partial charge in [0.05, 0.1) is 6.20 Å². The Morgan fingerprint density at radius 1 is 1.08 bits per heavy atom. The highest BCUT2D eigenvalue weighted by Gasteiger charge is 2.14. The Morgan fingerprint density at radius 3 is 2.08 bits per heavy atom. The van der Waals surface area contributed by atoms with Crippen molar-refractivity contribution in [2.24, 2.45) is 0 Å². The molecule has 0 saturated heterocycles. The fraction of sp³-hybridized carbons (Fsp3) is 0.545. The molecular formula is C11H16FN. The summed E-state index contributed by atoms with van der Waals surface area (Å²) in [5, 5.41) is 0. The molecule has 0 unspecified atom stereocenters. The summed E-state index contributed by atoms with van der Waals surface area (Å²) in [5.74, 6) is 0.377. The molecule has 0 aromatic carbocycles. The lowest BCUT2D eigenvalue weighted by atomic mass is 9.92. The summed E-state index contributed by atoms with van der Waals surface area (Å²) in [6.07, 6.45) is 3.06. The second-order valence-corrected chi connectivity index (χ2v) is 3.93. The van der Waals surface area contributed by atoms with Crippen LogP contribution >= 0.6 is 0 Å². The van der Waals surface area contributed by atoms with Crippen molar-refractivity contribution in [2.75, 3.05) is 0 Å². The van der Waals surface area contributed by atoms with Crippen LogP contribution in [0, 0.1) is 5.82 Å². The van der Waals surface area contributed by atoms with E-state index in [4.69, 9.17) is 0 Å². The van der Waals surface area contributed by atoms with Gasteiger partial charge in [0.2, 0.25) is 0 Å². The molecule has 0 radical (unpaired) electrons. The summed E-state index contributed by atoms with van der Waals surface area (Å²) in [5.41, 5.74) is 1.83. The highest BCUT2D eigenvalue weighted by molar-refractivity contribution is 5.30. The Bertz CT molecular complexity index is 292. The molecule has 0 spiro atoms. The van der Waals surface area contributed by atoms with Crippen molar-refractivity contribution in [2.45, 2.75) is 39.5 Å². The summed E-state index contributed by atoms with van der Waals surface area (Å²) >= 11 is 0. The lowest BCUT2D eigenvalue weighted by Gasteiger charge is -2.15. The number of halogens is 1. The van der Waals surface area contributed by atoms with Gasteiger partial charge in [0.25, 0.3) is 0 Å². The van der Waals surface area contributed by atoms with E-state index < -0.39 is 0 Å². The smallest absolute Gasteiger partial charge is 0.145 e. The van der Waals surface area contributed by atoms with Crippen molar-refractivity contribution in [1.29, 1.82) is 0 Å². The third-order valence-electron chi connectivity index (χ3n) is 2.17. The molecule has 1 aromatic heterocycles. The molecule has 1 rings (SSSR count). The first-order valence-electron chi connectivity index (χ1n) is 4.67. The van der Waals surface area contributed by atoms with Crippen LogP contribution < -0.4 is 0 Å². The average Bonchev–Trinajstić information content (AvgIpc) is 2.02. The lowest BCUT2D eigenvalue weighted by Crippen LogP contribution is -2.03. The SMILES string of the molecule is CC(C)c1cncc(F)c1C(C)C. The summed E-state index contributed by atoms with van der Waals surface area (Å²) in [6, 6.07) is 0. The highest BCUT2D eigenvalue weighted by Crippen LogP contribution is 2.27. The predicted octanol–water partition coefficient (Wildman–Crippen LogP) is 3.47. The van der Waals surface area contributed by atoms with Gasteiger partial charge in [-0.1, -0.05) is 27.7 Å². The van der Waals surface area contributed by atoms with Crippen LogP contribution in [-0.4, -0.2) is 4.98 Å². The summed E-state index contributed by atoms with van der Waals surface area (Å²) < 4.78 is 13.4. The van der Waals surface area contributed by atoms with Crippen LogP contribution in [0.5, 0.6) is 0 Å². The standard InChI is InChI=1S/C11H16FN/c1-7(2)9-5-13-6-10(12)11(9)8(3)4/h5-8H,1-4H3. The Morgan fingerprint density at radius 2 is 1.69 bits per heavy atom. The molecule has 0 bridgehead atoms. The minimum absolute atomic E-state index is 0.179. The van der Waals surface area contributed by atoms with E-state index in [0.717, 1.165) is 11.1 Å². The van der Waals surface area contributed by atoms with Gasteiger partial charge >= 0.3 is 0 Å². The van der Waals surface area contributed by atoms with Crippen molar-refractivity contribution >= 4 is 0 Å². The topological polar surface area (TPSA) is 12.9 Å². The number of rotatable bonds is 2. The normalized spacial score (nSPS) is 11.3. The third-order valence-corrected chi connectivity index (χ3v) is 2.17. The van der Waals surface area contributed by atoms with Crippen molar-refractivity contribution in [3.63, 3.8) is 0 Å². The monoisotopic (exact) mass is 181 g/mol. The molecule has 0 N–H and O–H groups in total. The Hall–Kier alpha value is -0.920. The van der Waals surface area contributed by atoms with Gasteiger partial charge in [-0.3, -0.25) is 4.98 Å². The number of aromatic nitrogens is 1. The predicted molar refractivity (Wildman–Crippen MR) is 52.4 cm³/mol. The Balaban J connectivity index is 3.26. The van der Waals surface area contributed by atoms with Crippen LogP contribution in [0.1, 0.15) is 50.7 Å². The molecule has 72 valence electrons. The first-order chi connectivity index (χ1) is 6.04. The van der Waals surface area contributed by atoms with Crippen LogP contribution in [-0.2, 0) is 0 Å². The molecule has 0 aliphatic carbocycles. The van der Waals surface area contributed by atoms with Crippen LogP contribution in [0.15, 0.2) is 12.4 Å². The zero-order valence-corrected chi connectivity index (χ0v) is 8.63. The van der Waals surface area contributed by atoms with E-state index in [1.807, 2.05) is 13.8 Å². The lowest BCUT2D eigenvalue weighted by molar-refractivity contribution is 0.582. The van der Waals surface area contributed by atoms with E-state index in [1.165, 1.54) is 6.20 Å². The second kappa shape index (κ2) is 3.86. The fourth-order valence-corrected chi connectivity index (χ4v) is 1.53. The van der Waals surface area contributed by atoms with E-state index in [9.17, 15) is 4.39 Å². The number of hydrogen-bond acceptors (Lipinski definition) is 1. The van der Waals surface area contributed by atoms with E-state index >= 15 is 0 Å². The number of pyridine rings is 1. The summed E-state index contributed by atoms with van der Waals surface area (Å²) in [6.45, 7) is 8.12. The maximum Gasteiger partial charge on any atom is 0.145 e. The zero-order valence-electron chi connectivity index (χ0n) is 8.63. The van der Waals surface area contributed by atoms with Crippen molar-refractivity contribution in [1.82, 2.24) is 4.98 Å². The van der Waals surface area contributed by atoms with Crippen LogP contribution in [0.2, 0.25) is 0 Å². The maximum atomic E-state index is 13.4. The summed E-state index contributed by atoms with van der Waals surface area (Å²) in [7, 11) is 0. The largest absolute Gasteiger partial charge is 0.261 e. The van der Waals surface area contributed by atoms with E-state index in [-0.39, 0.29) is 11.7 Å². The molecule has 0 fully saturated rings. The van der Waals surface area contributed by atoms with Gasteiger partial charge in [-0.05, 0) is 23.0 Å². The Kier molecular flexibility index (Phi) is 3.02. The minimum Gasteiger partial charge on any atom is -0.261 e. The van der Waals surface area contributed by atoms with Crippen molar-refractivity contribution in [3.05, 3.63) is 29.3 Å².